The summed E-state index contributed by atoms with van der Waals surface area (Å²) in [7, 11) is 0. The molecule has 8 atom stereocenters. The van der Waals surface area contributed by atoms with Gasteiger partial charge in [-0.05, 0) is 104 Å². The van der Waals surface area contributed by atoms with Gasteiger partial charge in [-0.3, -0.25) is 4.79 Å². The lowest BCUT2D eigenvalue weighted by molar-refractivity contribution is -0.158. The monoisotopic (exact) mass is 469 g/mol. The Balaban J connectivity index is 0.00000133. The van der Waals surface area contributed by atoms with E-state index >= 15 is 0 Å². The highest BCUT2D eigenvalue weighted by Gasteiger charge is 2.58. The summed E-state index contributed by atoms with van der Waals surface area (Å²) in [6, 6.07) is 2.98. The molecule has 4 aliphatic rings. The molecule has 3 fully saturated rings. The van der Waals surface area contributed by atoms with Crippen LogP contribution in [0, 0.1) is 28.6 Å². The molecule has 0 radical (unpaired) electrons. The van der Waals surface area contributed by atoms with Crippen molar-refractivity contribution in [3.05, 3.63) is 46.0 Å². The predicted molar refractivity (Wildman–Crippen MR) is 134 cm³/mol. The Morgan fingerprint density at radius 2 is 1.91 bits per heavy atom. The molecular weight excluding hydrogens is 426 g/mol. The first kappa shape index (κ1) is 25.2. The maximum absolute atomic E-state index is 12.0. The summed E-state index contributed by atoms with van der Waals surface area (Å²) in [6.45, 7) is 10.7. The highest BCUT2D eigenvalue weighted by atomic mass is 16.5. The van der Waals surface area contributed by atoms with E-state index in [4.69, 9.17) is 14.9 Å². The molecule has 0 amide bonds. The summed E-state index contributed by atoms with van der Waals surface area (Å²) in [5.74, 6) is 2.12. The molecule has 5 rings (SSSR count). The second kappa shape index (κ2) is 9.64. The summed E-state index contributed by atoms with van der Waals surface area (Å²) in [6.07, 6.45) is 13.2. The quantitative estimate of drug-likeness (QED) is 0.435. The van der Waals surface area contributed by atoms with E-state index in [0.29, 0.717) is 29.1 Å². The van der Waals surface area contributed by atoms with Crippen LogP contribution < -0.4 is 11.4 Å². The lowest BCUT2D eigenvalue weighted by Crippen LogP contribution is -2.52. The summed E-state index contributed by atoms with van der Waals surface area (Å²) >= 11 is 0. The van der Waals surface area contributed by atoms with Gasteiger partial charge >= 0.3 is 11.6 Å². The molecule has 188 valence electrons. The van der Waals surface area contributed by atoms with Gasteiger partial charge < -0.3 is 14.9 Å². The fraction of sp³-hybridized carbons (Fsp3) is 0.724. The van der Waals surface area contributed by atoms with Gasteiger partial charge in [0.15, 0.2) is 0 Å². The molecule has 0 bridgehead atoms. The normalized spacial score (nSPS) is 39.4. The van der Waals surface area contributed by atoms with Crippen molar-refractivity contribution in [3.63, 3.8) is 0 Å². The molecule has 0 aromatic carbocycles. The van der Waals surface area contributed by atoms with Crippen LogP contribution in [0.25, 0.3) is 0 Å². The first-order chi connectivity index (χ1) is 16.2. The maximum Gasteiger partial charge on any atom is 0.335 e. The average Bonchev–Trinajstić information content (AvgIpc) is 3.18. The van der Waals surface area contributed by atoms with E-state index in [1.165, 1.54) is 25.7 Å². The maximum atomic E-state index is 12.0. The van der Waals surface area contributed by atoms with Crippen molar-refractivity contribution < 1.29 is 13.9 Å². The number of hydrogen-bond donors (Lipinski definition) is 1. The zero-order chi connectivity index (χ0) is 24.7. The molecule has 4 aliphatic carbocycles. The minimum absolute atomic E-state index is 0.0276. The molecule has 2 N–H and O–H groups in total. The summed E-state index contributed by atoms with van der Waals surface area (Å²) in [5.41, 5.74) is 8.75. The lowest BCUT2D eigenvalue weighted by atomic mass is 9.46. The van der Waals surface area contributed by atoms with Crippen molar-refractivity contribution in [1.82, 2.24) is 0 Å². The Bertz CT molecular complexity index is 960. The first-order valence-electron chi connectivity index (χ1n) is 13.5. The zero-order valence-electron chi connectivity index (χ0n) is 21.6. The highest BCUT2D eigenvalue weighted by Crippen LogP contribution is 2.67. The molecule has 0 saturated heterocycles. The largest absolute Gasteiger partial charge is 0.461 e. The van der Waals surface area contributed by atoms with Crippen LogP contribution in [0.5, 0.6) is 0 Å². The number of fused-ring (bicyclic) bond motifs is 5. The third kappa shape index (κ3) is 4.19. The lowest BCUT2D eigenvalue weighted by Gasteiger charge is -2.59. The van der Waals surface area contributed by atoms with Crippen molar-refractivity contribution in [1.29, 1.82) is 0 Å². The van der Waals surface area contributed by atoms with Gasteiger partial charge in [-0.15, -0.1) is 0 Å². The zero-order valence-corrected chi connectivity index (χ0v) is 21.6. The van der Waals surface area contributed by atoms with Crippen LogP contribution in [0.15, 0.2) is 39.3 Å². The SMILES string of the molecule is CC.CC(N)C(=O)OC1CCC2(C)C(CCC3C4=CCC(c5ccc(=O)oc5)C4(C)CCC32)C1. The predicted octanol–water partition coefficient (Wildman–Crippen LogP) is 5.97. The summed E-state index contributed by atoms with van der Waals surface area (Å²) < 4.78 is 11.0. The van der Waals surface area contributed by atoms with Gasteiger partial charge in [0.05, 0.1) is 6.26 Å². The van der Waals surface area contributed by atoms with Crippen LogP contribution in [0.2, 0.25) is 0 Å². The third-order valence-corrected chi connectivity index (χ3v) is 9.80. The number of hydrogen-bond acceptors (Lipinski definition) is 5. The van der Waals surface area contributed by atoms with Gasteiger partial charge in [-0.1, -0.05) is 39.3 Å². The van der Waals surface area contributed by atoms with Gasteiger partial charge in [0.2, 0.25) is 0 Å². The molecular formula is C29H43NO4. The Labute approximate surface area is 204 Å². The number of esters is 1. The van der Waals surface area contributed by atoms with Gasteiger partial charge in [-0.2, -0.15) is 0 Å². The van der Waals surface area contributed by atoms with Crippen molar-refractivity contribution in [3.8, 4) is 0 Å². The van der Waals surface area contributed by atoms with E-state index < -0.39 is 6.04 Å². The van der Waals surface area contributed by atoms with E-state index in [1.807, 2.05) is 19.9 Å². The van der Waals surface area contributed by atoms with Crippen molar-refractivity contribution in [2.75, 3.05) is 0 Å². The van der Waals surface area contributed by atoms with E-state index in [0.717, 1.165) is 31.2 Å². The molecule has 3 saturated carbocycles. The molecule has 5 heteroatoms. The Morgan fingerprint density at radius 1 is 1.15 bits per heavy atom. The minimum Gasteiger partial charge on any atom is -0.461 e. The number of carbonyl (C=O) groups excluding carboxylic acids is 1. The molecule has 0 aliphatic heterocycles. The van der Waals surface area contributed by atoms with Crippen molar-refractivity contribution >= 4 is 5.97 Å². The highest BCUT2D eigenvalue weighted by molar-refractivity contribution is 5.75. The van der Waals surface area contributed by atoms with E-state index in [2.05, 4.69) is 19.9 Å². The molecule has 5 nitrogen and oxygen atoms in total. The molecule has 1 aromatic rings. The first-order valence-corrected chi connectivity index (χ1v) is 13.5. The summed E-state index contributed by atoms with van der Waals surface area (Å²) in [5, 5.41) is 0. The van der Waals surface area contributed by atoms with Crippen LogP contribution in [0.4, 0.5) is 0 Å². The number of nitrogens with two attached hydrogens (primary N) is 1. The molecule has 8 unspecified atom stereocenters. The number of ether oxygens (including phenoxy) is 1. The van der Waals surface area contributed by atoms with Gasteiger partial charge in [-0.25, -0.2) is 4.79 Å². The standard InChI is InChI=1S/C27H37NO4.C2H6/c1-16(28)25(30)32-19-10-12-26(2)18(14-19)5-6-20-22-8-7-21(17-4-9-24(29)31-15-17)27(22,3)13-11-23(20)26;1-2/h4,8-9,15-16,18-21,23H,5-7,10-14,28H2,1-3H3;1-2H3. The second-order valence-electron chi connectivity index (χ2n) is 11.4. The van der Waals surface area contributed by atoms with Crippen molar-refractivity contribution in [2.24, 2.45) is 34.3 Å². The smallest absolute Gasteiger partial charge is 0.335 e. The Kier molecular flexibility index (Phi) is 7.15. The van der Waals surface area contributed by atoms with Crippen LogP contribution in [-0.2, 0) is 9.53 Å². The van der Waals surface area contributed by atoms with E-state index in [1.54, 1.807) is 24.8 Å². The average molecular weight is 470 g/mol. The summed E-state index contributed by atoms with van der Waals surface area (Å²) in [4.78, 5) is 23.5. The van der Waals surface area contributed by atoms with Crippen LogP contribution >= 0.6 is 0 Å². The van der Waals surface area contributed by atoms with E-state index in [-0.39, 0.29) is 23.1 Å². The van der Waals surface area contributed by atoms with Crippen LogP contribution in [0.3, 0.4) is 0 Å². The van der Waals surface area contributed by atoms with Crippen molar-refractivity contribution in [2.45, 2.75) is 104 Å². The molecule has 34 heavy (non-hydrogen) atoms. The third-order valence-electron chi connectivity index (χ3n) is 9.80. The van der Waals surface area contributed by atoms with E-state index in [9.17, 15) is 9.59 Å². The fourth-order valence-electron chi connectivity index (χ4n) is 8.00. The Hall–Kier alpha value is -1.88. The van der Waals surface area contributed by atoms with Crippen LogP contribution in [-0.4, -0.2) is 18.1 Å². The van der Waals surface area contributed by atoms with Crippen LogP contribution in [0.1, 0.15) is 97.5 Å². The molecule has 0 spiro atoms. The fourth-order valence-corrected chi connectivity index (χ4v) is 8.00. The van der Waals surface area contributed by atoms with Gasteiger partial charge in [0.25, 0.3) is 0 Å². The number of allylic oxidation sites excluding steroid dienone is 2. The number of carbonyl (C=O) groups is 1. The van der Waals surface area contributed by atoms with Gasteiger partial charge in [0.1, 0.15) is 12.1 Å². The Morgan fingerprint density at radius 3 is 2.59 bits per heavy atom. The van der Waals surface area contributed by atoms with Gasteiger partial charge in [0, 0.05) is 6.07 Å². The minimum atomic E-state index is -0.546. The number of rotatable bonds is 3. The topological polar surface area (TPSA) is 82.5 Å². The molecule has 1 aromatic heterocycles. The molecule has 1 heterocycles. The second-order valence-corrected chi connectivity index (χ2v) is 11.4.